The first kappa shape index (κ1) is 14.1. The van der Waals surface area contributed by atoms with Gasteiger partial charge in [0.25, 0.3) is 0 Å². The monoisotopic (exact) mass is 293 g/mol. The van der Waals surface area contributed by atoms with Gasteiger partial charge in [-0.05, 0) is 32.6 Å². The molecule has 2 fully saturated rings. The Labute approximate surface area is 124 Å². The van der Waals surface area contributed by atoms with Crippen LogP contribution in [-0.2, 0) is 4.75 Å². The highest BCUT2D eigenvalue weighted by atomic mass is 32.2. The van der Waals surface area contributed by atoms with Gasteiger partial charge >= 0.3 is 0 Å². The van der Waals surface area contributed by atoms with Crippen molar-refractivity contribution in [2.45, 2.75) is 55.4 Å². The standard InChI is InChI=1S/C15H23N3OS/c1-11-17-13(10-14(18-11)16-8-9-19)15(6-7-15)20-12-4-2-3-5-12/h10,12,19H,2-9H2,1H3,(H,16,17,18). The molecule has 0 amide bonds. The van der Waals surface area contributed by atoms with Gasteiger partial charge in [-0.15, -0.1) is 11.8 Å². The second kappa shape index (κ2) is 5.90. The molecule has 1 aromatic heterocycles. The van der Waals surface area contributed by atoms with Gasteiger partial charge in [0, 0.05) is 17.9 Å². The van der Waals surface area contributed by atoms with E-state index in [0.717, 1.165) is 16.9 Å². The van der Waals surface area contributed by atoms with E-state index in [1.165, 1.54) is 44.2 Å². The van der Waals surface area contributed by atoms with Crippen LogP contribution in [-0.4, -0.2) is 33.5 Å². The number of hydrogen-bond acceptors (Lipinski definition) is 5. The third kappa shape index (κ3) is 3.09. The van der Waals surface area contributed by atoms with Gasteiger partial charge < -0.3 is 10.4 Å². The minimum absolute atomic E-state index is 0.125. The summed E-state index contributed by atoms with van der Waals surface area (Å²) in [6.45, 7) is 2.61. The minimum atomic E-state index is 0.125. The summed E-state index contributed by atoms with van der Waals surface area (Å²) in [7, 11) is 0. The quantitative estimate of drug-likeness (QED) is 0.844. The number of anilines is 1. The second-order valence-electron chi connectivity index (χ2n) is 5.85. The van der Waals surface area contributed by atoms with E-state index < -0.39 is 0 Å². The van der Waals surface area contributed by atoms with Crippen LogP contribution in [0.2, 0.25) is 0 Å². The van der Waals surface area contributed by atoms with Gasteiger partial charge in [0.05, 0.1) is 17.0 Å². The fourth-order valence-corrected chi connectivity index (χ4v) is 4.72. The Bertz CT molecular complexity index is 470. The van der Waals surface area contributed by atoms with Crippen molar-refractivity contribution in [3.8, 4) is 0 Å². The zero-order valence-electron chi connectivity index (χ0n) is 12.1. The van der Waals surface area contributed by atoms with Crippen LogP contribution in [0, 0.1) is 6.92 Å². The number of aromatic nitrogens is 2. The lowest BCUT2D eigenvalue weighted by Gasteiger charge is -2.20. The molecule has 0 bridgehead atoms. The average Bonchev–Trinajstić information content (AvgIpc) is 3.03. The Balaban J connectivity index is 1.76. The third-order valence-electron chi connectivity index (χ3n) is 4.12. The molecule has 2 aliphatic carbocycles. The SMILES string of the molecule is Cc1nc(NCCO)cc(C2(SC3CCCC3)CC2)n1. The predicted octanol–water partition coefficient (Wildman–Crippen LogP) is 2.85. The van der Waals surface area contributed by atoms with Gasteiger partial charge in [-0.25, -0.2) is 9.97 Å². The maximum Gasteiger partial charge on any atom is 0.130 e. The first-order valence-electron chi connectivity index (χ1n) is 7.60. The Kier molecular flexibility index (Phi) is 4.17. The molecule has 4 nitrogen and oxygen atoms in total. The molecule has 20 heavy (non-hydrogen) atoms. The predicted molar refractivity (Wildman–Crippen MR) is 83.1 cm³/mol. The molecule has 0 aromatic carbocycles. The van der Waals surface area contributed by atoms with Crippen LogP contribution < -0.4 is 5.32 Å². The lowest BCUT2D eigenvalue weighted by atomic mass is 10.2. The Morgan fingerprint density at radius 2 is 2.10 bits per heavy atom. The summed E-state index contributed by atoms with van der Waals surface area (Å²) in [5.74, 6) is 1.67. The number of nitrogens with zero attached hydrogens (tertiary/aromatic N) is 2. The van der Waals surface area contributed by atoms with Gasteiger partial charge in [-0.2, -0.15) is 0 Å². The summed E-state index contributed by atoms with van der Waals surface area (Å²) >= 11 is 2.15. The third-order valence-corrected chi connectivity index (χ3v) is 5.99. The highest BCUT2D eigenvalue weighted by Crippen LogP contribution is 2.59. The number of nitrogens with one attached hydrogen (secondary N) is 1. The number of aryl methyl sites for hydroxylation is 1. The van der Waals surface area contributed by atoms with Crippen molar-refractivity contribution in [3.05, 3.63) is 17.6 Å². The van der Waals surface area contributed by atoms with Gasteiger partial charge in [-0.1, -0.05) is 12.8 Å². The van der Waals surface area contributed by atoms with Gasteiger partial charge in [-0.3, -0.25) is 0 Å². The zero-order chi connectivity index (χ0) is 14.0. The van der Waals surface area contributed by atoms with Gasteiger partial charge in [0.2, 0.25) is 0 Å². The lowest BCUT2D eigenvalue weighted by Crippen LogP contribution is -2.14. The number of thioether (sulfide) groups is 1. The summed E-state index contributed by atoms with van der Waals surface area (Å²) in [6.07, 6.45) is 7.99. The molecule has 0 radical (unpaired) electrons. The van der Waals surface area contributed by atoms with E-state index in [2.05, 4.69) is 33.1 Å². The molecule has 0 saturated heterocycles. The van der Waals surface area contributed by atoms with Crippen molar-refractivity contribution < 1.29 is 5.11 Å². The average molecular weight is 293 g/mol. The molecule has 2 saturated carbocycles. The molecular formula is C15H23N3OS. The smallest absolute Gasteiger partial charge is 0.130 e. The highest BCUT2D eigenvalue weighted by molar-refractivity contribution is 8.01. The largest absolute Gasteiger partial charge is 0.395 e. The molecule has 110 valence electrons. The summed E-state index contributed by atoms with van der Waals surface area (Å²) in [6, 6.07) is 2.08. The van der Waals surface area contributed by atoms with E-state index in [1.807, 2.05) is 6.92 Å². The summed E-state index contributed by atoms with van der Waals surface area (Å²) in [5.41, 5.74) is 1.18. The summed E-state index contributed by atoms with van der Waals surface area (Å²) in [4.78, 5) is 9.09. The highest BCUT2D eigenvalue weighted by Gasteiger charge is 2.48. The van der Waals surface area contributed by atoms with Crippen molar-refractivity contribution in [2.75, 3.05) is 18.5 Å². The summed E-state index contributed by atoms with van der Waals surface area (Å²) in [5, 5.41) is 12.9. The molecule has 1 aromatic rings. The Morgan fingerprint density at radius 3 is 2.75 bits per heavy atom. The van der Waals surface area contributed by atoms with E-state index in [4.69, 9.17) is 5.11 Å². The van der Waals surface area contributed by atoms with Crippen LogP contribution >= 0.6 is 11.8 Å². The van der Waals surface area contributed by atoms with Crippen molar-refractivity contribution in [1.29, 1.82) is 0 Å². The molecule has 2 aliphatic rings. The number of hydrogen-bond donors (Lipinski definition) is 2. The van der Waals surface area contributed by atoms with E-state index in [0.29, 0.717) is 6.54 Å². The fraction of sp³-hybridized carbons (Fsp3) is 0.733. The first-order valence-corrected chi connectivity index (χ1v) is 8.48. The number of aliphatic hydroxyl groups excluding tert-OH is 1. The molecule has 1 heterocycles. The van der Waals surface area contributed by atoms with E-state index in [-0.39, 0.29) is 11.4 Å². The lowest BCUT2D eigenvalue weighted by molar-refractivity contribution is 0.311. The van der Waals surface area contributed by atoms with Crippen molar-refractivity contribution in [2.24, 2.45) is 0 Å². The molecule has 0 spiro atoms. The van der Waals surface area contributed by atoms with Gasteiger partial charge in [0.1, 0.15) is 11.6 Å². The van der Waals surface area contributed by atoms with E-state index in [1.54, 1.807) is 0 Å². The van der Waals surface area contributed by atoms with Crippen LogP contribution in [0.1, 0.15) is 50.0 Å². The number of rotatable bonds is 6. The number of aliphatic hydroxyl groups is 1. The van der Waals surface area contributed by atoms with Gasteiger partial charge in [0.15, 0.2) is 0 Å². The Hall–Kier alpha value is -0.810. The maximum absolute atomic E-state index is 8.92. The van der Waals surface area contributed by atoms with E-state index >= 15 is 0 Å². The molecule has 5 heteroatoms. The summed E-state index contributed by atoms with van der Waals surface area (Å²) < 4.78 is 0.248. The maximum atomic E-state index is 8.92. The van der Waals surface area contributed by atoms with Crippen LogP contribution in [0.25, 0.3) is 0 Å². The zero-order valence-corrected chi connectivity index (χ0v) is 12.9. The molecule has 0 unspecified atom stereocenters. The Morgan fingerprint density at radius 1 is 1.35 bits per heavy atom. The topological polar surface area (TPSA) is 58.0 Å². The minimum Gasteiger partial charge on any atom is -0.395 e. The molecule has 3 rings (SSSR count). The van der Waals surface area contributed by atoms with Crippen molar-refractivity contribution >= 4 is 17.6 Å². The van der Waals surface area contributed by atoms with Crippen LogP contribution in [0.5, 0.6) is 0 Å². The molecule has 0 atom stereocenters. The first-order chi connectivity index (χ1) is 9.72. The fourth-order valence-electron chi connectivity index (χ4n) is 2.95. The van der Waals surface area contributed by atoms with Crippen molar-refractivity contribution in [1.82, 2.24) is 9.97 Å². The molecule has 2 N–H and O–H groups in total. The molecular weight excluding hydrogens is 270 g/mol. The van der Waals surface area contributed by atoms with Crippen LogP contribution in [0.4, 0.5) is 5.82 Å². The van der Waals surface area contributed by atoms with E-state index in [9.17, 15) is 0 Å². The normalized spacial score (nSPS) is 21.1. The van der Waals surface area contributed by atoms with Crippen LogP contribution in [0.3, 0.4) is 0 Å². The second-order valence-corrected chi connectivity index (χ2v) is 7.54. The molecule has 0 aliphatic heterocycles. The van der Waals surface area contributed by atoms with Crippen molar-refractivity contribution in [3.63, 3.8) is 0 Å². The van der Waals surface area contributed by atoms with Crippen LogP contribution in [0.15, 0.2) is 6.07 Å².